The van der Waals surface area contributed by atoms with Gasteiger partial charge in [0.15, 0.2) is 5.75 Å². The lowest BCUT2D eigenvalue weighted by atomic mass is 9.99. The molecular formula is C28H32N4O4. The van der Waals surface area contributed by atoms with Crippen LogP contribution in [0.4, 0.5) is 17.1 Å². The van der Waals surface area contributed by atoms with E-state index in [0.717, 1.165) is 25.1 Å². The molecule has 36 heavy (non-hydrogen) atoms. The standard InChI is InChI=1S/C28H32N4O4/c1-2-21(18-9-4-3-5-10-18)29-23-24(27(35)26(23)34)30-22-13-8-12-20(25(22)33)28(36)32-16-15-31-14-7-6-11-19(31)17-32/h3-5,8-10,12-13,19,21,29-30,33H,2,6-7,11,14-17H2,1H3. The molecule has 0 aromatic heterocycles. The molecule has 3 aromatic rings. The van der Waals surface area contributed by atoms with Crippen molar-refractivity contribution in [1.29, 1.82) is 0 Å². The van der Waals surface area contributed by atoms with E-state index in [4.69, 9.17) is 0 Å². The summed E-state index contributed by atoms with van der Waals surface area (Å²) in [7, 11) is 0. The first-order chi connectivity index (χ1) is 17.5. The van der Waals surface area contributed by atoms with E-state index in [1.165, 1.54) is 12.8 Å². The van der Waals surface area contributed by atoms with E-state index in [-0.39, 0.29) is 40.3 Å². The number of piperidine rings is 1. The lowest BCUT2D eigenvalue weighted by Crippen LogP contribution is -2.56. The second-order valence-electron chi connectivity index (χ2n) is 9.69. The normalized spacial score (nSPS) is 19.0. The molecule has 2 aliphatic rings. The molecule has 3 aromatic carbocycles. The Balaban J connectivity index is 1.35. The molecule has 1 amide bonds. The lowest BCUT2D eigenvalue weighted by Gasteiger charge is -2.44. The number of nitrogens with one attached hydrogen (secondary N) is 2. The van der Waals surface area contributed by atoms with Gasteiger partial charge in [-0.3, -0.25) is 19.3 Å². The molecular weight excluding hydrogens is 456 g/mol. The summed E-state index contributed by atoms with van der Waals surface area (Å²) in [6.07, 6.45) is 4.18. The highest BCUT2D eigenvalue weighted by molar-refractivity contribution is 5.99. The average molecular weight is 489 g/mol. The van der Waals surface area contributed by atoms with Crippen LogP contribution < -0.4 is 21.5 Å². The summed E-state index contributed by atoms with van der Waals surface area (Å²) in [6.45, 7) is 5.19. The first-order valence-electron chi connectivity index (χ1n) is 12.7. The second kappa shape index (κ2) is 10.1. The quantitative estimate of drug-likeness (QED) is 0.345. The second-order valence-corrected chi connectivity index (χ2v) is 9.69. The van der Waals surface area contributed by atoms with Crippen LogP contribution in [0.5, 0.6) is 5.75 Å². The van der Waals surface area contributed by atoms with Crippen LogP contribution in [-0.4, -0.2) is 53.0 Å². The van der Waals surface area contributed by atoms with Crippen molar-refractivity contribution < 1.29 is 9.90 Å². The summed E-state index contributed by atoms with van der Waals surface area (Å²) in [4.78, 5) is 42.4. The number of rotatable bonds is 7. The van der Waals surface area contributed by atoms with Gasteiger partial charge in [0.25, 0.3) is 16.8 Å². The SMILES string of the molecule is CCC(Nc1c(Nc2cccc(C(=O)N3CCN4CCCCC4C3)c2O)c(=O)c1=O)c1ccccc1. The zero-order valence-corrected chi connectivity index (χ0v) is 20.5. The molecule has 2 atom stereocenters. The summed E-state index contributed by atoms with van der Waals surface area (Å²) in [5.41, 5.74) is 0.472. The Morgan fingerprint density at radius 3 is 2.56 bits per heavy atom. The molecule has 3 N–H and O–H groups in total. The minimum Gasteiger partial charge on any atom is -0.505 e. The number of carbonyl (C=O) groups excluding carboxylic acids is 1. The summed E-state index contributed by atoms with van der Waals surface area (Å²) in [6, 6.07) is 14.8. The van der Waals surface area contributed by atoms with Gasteiger partial charge in [-0.25, -0.2) is 0 Å². The number of hydrogen-bond acceptors (Lipinski definition) is 7. The van der Waals surface area contributed by atoms with E-state index in [2.05, 4.69) is 15.5 Å². The number of nitrogens with zero attached hydrogens (tertiary/aromatic N) is 2. The summed E-state index contributed by atoms with van der Waals surface area (Å²) >= 11 is 0. The fraction of sp³-hybridized carbons (Fsp3) is 0.393. The highest BCUT2D eigenvalue weighted by atomic mass is 16.3. The van der Waals surface area contributed by atoms with Crippen molar-refractivity contribution in [2.45, 2.75) is 44.7 Å². The van der Waals surface area contributed by atoms with Crippen molar-refractivity contribution in [3.8, 4) is 5.75 Å². The monoisotopic (exact) mass is 488 g/mol. The number of aromatic hydroxyl groups is 1. The maximum absolute atomic E-state index is 13.3. The number of phenols is 1. The predicted octanol–water partition coefficient (Wildman–Crippen LogP) is 3.61. The molecule has 8 heteroatoms. The minimum atomic E-state index is -0.648. The van der Waals surface area contributed by atoms with Crippen LogP contribution in [0.25, 0.3) is 0 Å². The molecule has 2 fully saturated rings. The fourth-order valence-corrected chi connectivity index (χ4v) is 5.39. The van der Waals surface area contributed by atoms with Crippen LogP contribution in [0.1, 0.15) is 54.6 Å². The van der Waals surface area contributed by atoms with Gasteiger partial charge in [0, 0.05) is 25.7 Å². The van der Waals surface area contributed by atoms with Crippen LogP contribution in [0, 0.1) is 0 Å². The Morgan fingerprint density at radius 2 is 1.78 bits per heavy atom. The van der Waals surface area contributed by atoms with Crippen LogP contribution in [-0.2, 0) is 0 Å². The van der Waals surface area contributed by atoms with Crippen molar-refractivity contribution in [2.24, 2.45) is 0 Å². The molecule has 0 bridgehead atoms. The number of amides is 1. The number of fused-ring (bicyclic) bond motifs is 1. The minimum absolute atomic E-state index is 0.102. The molecule has 188 valence electrons. The van der Waals surface area contributed by atoms with E-state index < -0.39 is 10.9 Å². The Hall–Kier alpha value is -3.65. The van der Waals surface area contributed by atoms with Gasteiger partial charge < -0.3 is 20.6 Å². The first kappa shape index (κ1) is 24.1. The van der Waals surface area contributed by atoms with Crippen molar-refractivity contribution in [1.82, 2.24) is 9.80 Å². The van der Waals surface area contributed by atoms with E-state index in [1.54, 1.807) is 23.1 Å². The van der Waals surface area contributed by atoms with Gasteiger partial charge in [-0.15, -0.1) is 0 Å². The maximum atomic E-state index is 13.3. The van der Waals surface area contributed by atoms with E-state index in [1.807, 2.05) is 37.3 Å². The number of phenolic OH excluding ortho intramolecular Hbond substituents is 1. The van der Waals surface area contributed by atoms with Crippen LogP contribution in [0.3, 0.4) is 0 Å². The number of anilines is 3. The summed E-state index contributed by atoms with van der Waals surface area (Å²) in [5, 5.41) is 17.1. The van der Waals surface area contributed by atoms with Gasteiger partial charge in [0.05, 0.1) is 17.3 Å². The van der Waals surface area contributed by atoms with Gasteiger partial charge in [-0.2, -0.15) is 0 Å². The van der Waals surface area contributed by atoms with E-state index in [0.29, 0.717) is 25.6 Å². The van der Waals surface area contributed by atoms with Crippen molar-refractivity contribution in [3.05, 3.63) is 80.1 Å². The number of para-hydroxylation sites is 1. The number of hydrogen-bond donors (Lipinski definition) is 3. The number of benzene rings is 2. The molecule has 8 nitrogen and oxygen atoms in total. The zero-order valence-electron chi connectivity index (χ0n) is 20.5. The molecule has 2 aliphatic heterocycles. The Labute approximate surface area is 210 Å². The molecule has 0 radical (unpaired) electrons. The van der Waals surface area contributed by atoms with Crippen LogP contribution in [0.2, 0.25) is 0 Å². The summed E-state index contributed by atoms with van der Waals surface area (Å²) < 4.78 is 0. The molecule has 0 aliphatic carbocycles. The van der Waals surface area contributed by atoms with Gasteiger partial charge in [0.1, 0.15) is 11.4 Å². The van der Waals surface area contributed by atoms with Crippen LogP contribution in [0.15, 0.2) is 58.1 Å². The molecule has 2 heterocycles. The van der Waals surface area contributed by atoms with Gasteiger partial charge in [0.2, 0.25) is 0 Å². The van der Waals surface area contributed by atoms with Crippen molar-refractivity contribution >= 4 is 23.0 Å². The Kier molecular flexibility index (Phi) is 6.78. The first-order valence-corrected chi connectivity index (χ1v) is 12.7. The third-order valence-corrected chi connectivity index (χ3v) is 7.49. The zero-order chi connectivity index (χ0) is 25.2. The predicted molar refractivity (Wildman–Crippen MR) is 141 cm³/mol. The van der Waals surface area contributed by atoms with Crippen molar-refractivity contribution in [2.75, 3.05) is 36.8 Å². The third kappa shape index (κ3) is 4.48. The fourth-order valence-electron chi connectivity index (χ4n) is 5.39. The van der Waals surface area contributed by atoms with Gasteiger partial charge >= 0.3 is 0 Å². The number of carbonyl (C=O) groups is 1. The largest absolute Gasteiger partial charge is 0.505 e. The average Bonchev–Trinajstić information content (AvgIpc) is 2.93. The molecule has 5 rings (SSSR count). The molecule has 0 saturated carbocycles. The van der Waals surface area contributed by atoms with Gasteiger partial charge in [-0.05, 0) is 43.5 Å². The number of piperazine rings is 1. The Morgan fingerprint density at radius 1 is 1.00 bits per heavy atom. The maximum Gasteiger partial charge on any atom is 0.257 e. The Bertz CT molecular complexity index is 1320. The highest BCUT2D eigenvalue weighted by Gasteiger charge is 2.32. The van der Waals surface area contributed by atoms with E-state index in [9.17, 15) is 19.5 Å². The van der Waals surface area contributed by atoms with Crippen LogP contribution >= 0.6 is 0 Å². The summed E-state index contributed by atoms with van der Waals surface area (Å²) in [5.74, 6) is -0.442. The molecule has 0 spiro atoms. The van der Waals surface area contributed by atoms with Gasteiger partial charge in [-0.1, -0.05) is 49.7 Å². The van der Waals surface area contributed by atoms with E-state index >= 15 is 0 Å². The molecule has 2 unspecified atom stereocenters. The molecule has 2 saturated heterocycles. The highest BCUT2D eigenvalue weighted by Crippen LogP contribution is 2.34. The third-order valence-electron chi connectivity index (χ3n) is 7.49. The smallest absolute Gasteiger partial charge is 0.257 e. The van der Waals surface area contributed by atoms with Crippen molar-refractivity contribution in [3.63, 3.8) is 0 Å². The topological polar surface area (TPSA) is 102 Å². The lowest BCUT2D eigenvalue weighted by molar-refractivity contribution is 0.0370.